The van der Waals surface area contributed by atoms with Gasteiger partial charge in [-0.25, -0.2) is 4.98 Å². The molecule has 0 bridgehead atoms. The average molecular weight is 693 g/mol. The van der Waals surface area contributed by atoms with Crippen LogP contribution in [0.15, 0.2) is 183 Å². The molecule has 1 aliphatic rings. The highest BCUT2D eigenvalue weighted by atomic mass is 15.0. The number of nitrogens with one attached hydrogen (secondary N) is 1. The molecule has 5 aromatic heterocycles. The van der Waals surface area contributed by atoms with Crippen molar-refractivity contribution < 1.29 is 0 Å². The van der Waals surface area contributed by atoms with E-state index in [0.717, 1.165) is 56.6 Å². The largest absolute Gasteiger partial charge is 0.373 e. The fourth-order valence-corrected chi connectivity index (χ4v) is 7.41. The standard InChI is InChI=1S/C48H32N6/c1-2-10-36-35(9-1)37-21-17-31(43-13-7-15-47(53-43)45-23-19-33(29-51-45)41-11-3-5-25-49-41)27-39(37)40-28-32(18-22-38(36)40)44-14-8-16-48(54-44)46-24-20-34(30-52-46)42-12-4-6-26-50-42/h1-30,43,53H. The Hall–Kier alpha value is -7.31. The highest BCUT2D eigenvalue weighted by Gasteiger charge is 2.18. The number of hydrogen-bond donors (Lipinski definition) is 1. The topological polar surface area (TPSA) is 76.5 Å². The minimum Gasteiger partial charge on any atom is -0.373 e. The number of aromatic nitrogens is 5. The van der Waals surface area contributed by atoms with Crippen molar-refractivity contribution in [2.75, 3.05) is 0 Å². The van der Waals surface area contributed by atoms with Gasteiger partial charge in [-0.2, -0.15) is 0 Å². The second kappa shape index (κ2) is 13.3. The zero-order chi connectivity index (χ0) is 35.8. The number of allylic oxidation sites excluding steroid dienone is 2. The summed E-state index contributed by atoms with van der Waals surface area (Å²) in [5, 5.41) is 11.1. The Kier molecular flexibility index (Phi) is 7.77. The summed E-state index contributed by atoms with van der Waals surface area (Å²) in [5.41, 5.74) is 10.4. The SMILES string of the molecule is C1=CC(c2ccc3c4ccccc4c4ccc(-c5cccc(-c6ccc(-c7ccccn7)cn6)n5)cc4c3c2)NC(c2ccc(-c3ccccn3)cn2)=C1. The minimum absolute atomic E-state index is 0.0220. The molecule has 1 N–H and O–H groups in total. The number of dihydropyridines is 1. The van der Waals surface area contributed by atoms with Crippen molar-refractivity contribution in [3.05, 3.63) is 194 Å². The molecule has 1 atom stereocenters. The molecule has 6 heterocycles. The first-order valence-corrected chi connectivity index (χ1v) is 18.0. The van der Waals surface area contributed by atoms with E-state index in [4.69, 9.17) is 15.0 Å². The first-order chi connectivity index (χ1) is 26.7. The van der Waals surface area contributed by atoms with E-state index in [9.17, 15) is 0 Å². The summed E-state index contributed by atoms with van der Waals surface area (Å²) in [6, 6.07) is 48.4. The normalized spacial score (nSPS) is 13.9. The molecule has 1 aliphatic heterocycles. The van der Waals surface area contributed by atoms with Gasteiger partial charge in [-0.05, 0) is 117 Å². The van der Waals surface area contributed by atoms with E-state index in [-0.39, 0.29) is 6.04 Å². The molecule has 0 radical (unpaired) electrons. The number of fused-ring (bicyclic) bond motifs is 6. The van der Waals surface area contributed by atoms with Crippen LogP contribution < -0.4 is 5.32 Å². The van der Waals surface area contributed by atoms with Gasteiger partial charge in [0.1, 0.15) is 0 Å². The third-order valence-corrected chi connectivity index (χ3v) is 10.1. The molecule has 0 spiro atoms. The van der Waals surface area contributed by atoms with E-state index < -0.39 is 0 Å². The van der Waals surface area contributed by atoms with Crippen LogP contribution in [0.25, 0.3) is 83.2 Å². The molecule has 0 fully saturated rings. The van der Waals surface area contributed by atoms with Crippen molar-refractivity contribution in [3.63, 3.8) is 0 Å². The smallest absolute Gasteiger partial charge is 0.0893 e. The Labute approximate surface area is 312 Å². The summed E-state index contributed by atoms with van der Waals surface area (Å²) >= 11 is 0. The third-order valence-electron chi connectivity index (χ3n) is 10.1. The van der Waals surface area contributed by atoms with Crippen LogP contribution in [0.2, 0.25) is 0 Å². The van der Waals surface area contributed by atoms with Crippen LogP contribution in [0.5, 0.6) is 0 Å². The van der Waals surface area contributed by atoms with E-state index in [1.54, 1.807) is 12.4 Å². The number of nitrogens with zero attached hydrogens (tertiary/aromatic N) is 5. The lowest BCUT2D eigenvalue weighted by Crippen LogP contribution is -2.21. The van der Waals surface area contributed by atoms with Crippen molar-refractivity contribution in [2.45, 2.75) is 6.04 Å². The van der Waals surface area contributed by atoms with Crippen LogP contribution in [0.4, 0.5) is 0 Å². The van der Waals surface area contributed by atoms with Gasteiger partial charge < -0.3 is 5.32 Å². The summed E-state index contributed by atoms with van der Waals surface area (Å²) in [6.45, 7) is 0. The second-order valence-electron chi connectivity index (χ2n) is 13.4. The highest BCUT2D eigenvalue weighted by Crippen LogP contribution is 2.39. The molecule has 9 aromatic rings. The summed E-state index contributed by atoms with van der Waals surface area (Å²) in [5.74, 6) is 0. The number of benzene rings is 4. The number of pyridine rings is 5. The number of hydrogen-bond acceptors (Lipinski definition) is 6. The molecule has 254 valence electrons. The molecule has 0 aliphatic carbocycles. The molecule has 4 aromatic carbocycles. The van der Waals surface area contributed by atoms with Crippen molar-refractivity contribution >= 4 is 38.0 Å². The molecular formula is C48H32N6. The quantitative estimate of drug-likeness (QED) is 0.175. The fourth-order valence-electron chi connectivity index (χ4n) is 7.41. The average Bonchev–Trinajstić information content (AvgIpc) is 3.27. The Morgan fingerprint density at radius 1 is 0.407 bits per heavy atom. The fraction of sp³-hybridized carbons (Fsp3) is 0.0208. The Morgan fingerprint density at radius 2 is 1.00 bits per heavy atom. The van der Waals surface area contributed by atoms with Gasteiger partial charge in [0.05, 0.1) is 45.9 Å². The van der Waals surface area contributed by atoms with Crippen LogP contribution >= 0.6 is 0 Å². The summed E-state index contributed by atoms with van der Waals surface area (Å²) in [7, 11) is 0. The third kappa shape index (κ3) is 5.76. The second-order valence-corrected chi connectivity index (χ2v) is 13.4. The molecular weight excluding hydrogens is 661 g/mol. The molecule has 10 rings (SSSR count). The molecule has 0 saturated heterocycles. The zero-order valence-corrected chi connectivity index (χ0v) is 29.1. The molecule has 1 unspecified atom stereocenters. The van der Waals surface area contributed by atoms with Crippen LogP contribution in [0.1, 0.15) is 17.3 Å². The van der Waals surface area contributed by atoms with Crippen LogP contribution in [0.3, 0.4) is 0 Å². The van der Waals surface area contributed by atoms with Crippen LogP contribution in [-0.4, -0.2) is 24.9 Å². The van der Waals surface area contributed by atoms with Gasteiger partial charge in [0.2, 0.25) is 0 Å². The zero-order valence-electron chi connectivity index (χ0n) is 29.1. The van der Waals surface area contributed by atoms with Gasteiger partial charge in [-0.1, -0.05) is 78.9 Å². The first-order valence-electron chi connectivity index (χ1n) is 18.0. The highest BCUT2D eigenvalue weighted by molar-refractivity contribution is 6.25. The van der Waals surface area contributed by atoms with Gasteiger partial charge in [0.25, 0.3) is 0 Å². The van der Waals surface area contributed by atoms with E-state index in [2.05, 4.69) is 125 Å². The lowest BCUT2D eigenvalue weighted by molar-refractivity contribution is 0.762. The van der Waals surface area contributed by atoms with Gasteiger partial charge in [-0.3, -0.25) is 19.9 Å². The maximum absolute atomic E-state index is 5.10. The maximum Gasteiger partial charge on any atom is 0.0893 e. The van der Waals surface area contributed by atoms with Crippen molar-refractivity contribution in [3.8, 4) is 45.2 Å². The molecule has 54 heavy (non-hydrogen) atoms. The first kappa shape index (κ1) is 31.4. The van der Waals surface area contributed by atoms with Crippen molar-refractivity contribution in [1.82, 2.24) is 30.2 Å². The predicted octanol–water partition coefficient (Wildman–Crippen LogP) is 11.0. The maximum atomic E-state index is 5.10. The van der Waals surface area contributed by atoms with E-state index in [0.29, 0.717) is 0 Å². The molecule has 0 amide bonds. The number of rotatable bonds is 6. The van der Waals surface area contributed by atoms with Crippen LogP contribution in [-0.2, 0) is 0 Å². The van der Waals surface area contributed by atoms with Gasteiger partial charge in [0.15, 0.2) is 0 Å². The van der Waals surface area contributed by atoms with Crippen molar-refractivity contribution in [2.24, 2.45) is 0 Å². The molecule has 6 heteroatoms. The van der Waals surface area contributed by atoms with E-state index >= 15 is 0 Å². The van der Waals surface area contributed by atoms with Gasteiger partial charge in [0, 0.05) is 41.5 Å². The Bertz CT molecular complexity index is 2880. The minimum atomic E-state index is -0.0220. The van der Waals surface area contributed by atoms with Gasteiger partial charge in [-0.15, -0.1) is 0 Å². The summed E-state index contributed by atoms with van der Waals surface area (Å²) < 4.78 is 0. The molecule has 6 nitrogen and oxygen atoms in total. The van der Waals surface area contributed by atoms with E-state index in [1.165, 1.54) is 37.9 Å². The Morgan fingerprint density at radius 3 is 1.67 bits per heavy atom. The monoisotopic (exact) mass is 692 g/mol. The van der Waals surface area contributed by atoms with E-state index in [1.807, 2.05) is 60.9 Å². The lowest BCUT2D eigenvalue weighted by Gasteiger charge is -2.23. The van der Waals surface area contributed by atoms with Gasteiger partial charge >= 0.3 is 0 Å². The molecule has 0 saturated carbocycles. The summed E-state index contributed by atoms with van der Waals surface area (Å²) in [6.07, 6.45) is 13.8. The van der Waals surface area contributed by atoms with Crippen LogP contribution in [0, 0.1) is 0 Å². The predicted molar refractivity (Wildman–Crippen MR) is 219 cm³/mol. The lowest BCUT2D eigenvalue weighted by atomic mass is 9.90. The summed E-state index contributed by atoms with van der Waals surface area (Å²) in [4.78, 5) is 23.6. The Balaban J connectivity index is 1.01. The van der Waals surface area contributed by atoms with Crippen molar-refractivity contribution in [1.29, 1.82) is 0 Å².